The zero-order chi connectivity index (χ0) is 19.9. The minimum Gasteiger partial charge on any atom is -0.506 e. The van der Waals surface area contributed by atoms with Gasteiger partial charge in [0.25, 0.3) is 0 Å². The lowest BCUT2D eigenvalue weighted by Crippen LogP contribution is -2.16. The third kappa shape index (κ3) is 4.57. The molecule has 0 saturated heterocycles. The van der Waals surface area contributed by atoms with Gasteiger partial charge in [0.2, 0.25) is 5.91 Å². The predicted octanol–water partition coefficient (Wildman–Crippen LogP) is 4.34. The van der Waals surface area contributed by atoms with Crippen LogP contribution >= 0.6 is 0 Å². The maximum absolute atomic E-state index is 12.7. The average molecular weight is 375 g/mol. The number of hydrogen-bond acceptors (Lipinski definition) is 4. The number of nitrogens with one attached hydrogen (secondary N) is 1. The van der Waals surface area contributed by atoms with Gasteiger partial charge in [0.15, 0.2) is 0 Å². The molecule has 0 radical (unpaired) electrons. The molecule has 0 aromatic heterocycles. The van der Waals surface area contributed by atoms with Gasteiger partial charge in [0.1, 0.15) is 5.75 Å². The molecule has 0 bridgehead atoms. The highest BCUT2D eigenvalue weighted by Crippen LogP contribution is 2.30. The number of hydrogen-bond donors (Lipinski definition) is 2. The van der Waals surface area contributed by atoms with Crippen LogP contribution in [0.1, 0.15) is 33.8 Å². The Balaban J connectivity index is 1.79. The quantitative estimate of drug-likeness (QED) is 0.496. The summed E-state index contributed by atoms with van der Waals surface area (Å²) in [4.78, 5) is 24.2. The number of phenols is 1. The molecule has 3 aromatic carbocycles. The van der Waals surface area contributed by atoms with E-state index in [0.717, 1.165) is 11.1 Å². The summed E-state index contributed by atoms with van der Waals surface area (Å²) < 4.78 is 4.63. The molecule has 0 atom stereocenters. The molecule has 28 heavy (non-hydrogen) atoms. The van der Waals surface area contributed by atoms with Gasteiger partial charge in [0, 0.05) is 12.3 Å². The first kappa shape index (κ1) is 19.2. The summed E-state index contributed by atoms with van der Waals surface area (Å²) in [6.07, 6.45) is 0.215. The van der Waals surface area contributed by atoms with Crippen molar-refractivity contribution in [3.8, 4) is 5.75 Å². The third-order valence-electron chi connectivity index (χ3n) is 4.49. The van der Waals surface area contributed by atoms with Crippen molar-refractivity contribution in [3.63, 3.8) is 0 Å². The van der Waals surface area contributed by atoms with Crippen molar-refractivity contribution >= 4 is 17.6 Å². The molecule has 1 amide bonds. The Morgan fingerprint density at radius 2 is 1.50 bits per heavy atom. The van der Waals surface area contributed by atoms with Gasteiger partial charge in [-0.15, -0.1) is 0 Å². The van der Waals surface area contributed by atoms with Crippen molar-refractivity contribution in [2.45, 2.75) is 12.3 Å². The standard InChI is InChI=1S/C23H21NO4/c1-28-23(27)18-12-13-20(21(25)14-18)24-22(26)15-19(16-8-4-2-5-9-16)17-10-6-3-7-11-17/h2-14,19,25H,15H2,1H3,(H,24,26). The highest BCUT2D eigenvalue weighted by Gasteiger charge is 2.19. The van der Waals surface area contributed by atoms with Crippen LogP contribution in [0.3, 0.4) is 0 Å². The minimum atomic E-state index is -0.554. The Hall–Kier alpha value is -3.60. The SMILES string of the molecule is COC(=O)c1ccc(NC(=O)CC(c2ccccc2)c2ccccc2)c(O)c1. The van der Waals surface area contributed by atoms with E-state index in [4.69, 9.17) is 0 Å². The van der Waals surface area contributed by atoms with E-state index in [9.17, 15) is 14.7 Å². The van der Waals surface area contributed by atoms with Crippen LogP contribution in [0.4, 0.5) is 5.69 Å². The number of carbonyl (C=O) groups excluding carboxylic acids is 2. The summed E-state index contributed by atoms with van der Waals surface area (Å²) in [5.74, 6) is -1.09. The molecule has 5 heteroatoms. The number of amides is 1. The normalized spacial score (nSPS) is 10.5. The van der Waals surface area contributed by atoms with E-state index in [1.807, 2.05) is 60.7 Å². The summed E-state index contributed by atoms with van der Waals surface area (Å²) in [6.45, 7) is 0. The zero-order valence-electron chi connectivity index (χ0n) is 15.5. The van der Waals surface area contributed by atoms with Crippen LogP contribution in [0.5, 0.6) is 5.75 Å². The number of aromatic hydroxyl groups is 1. The number of rotatable bonds is 6. The van der Waals surface area contributed by atoms with Gasteiger partial charge in [-0.25, -0.2) is 4.79 Å². The van der Waals surface area contributed by atoms with Gasteiger partial charge in [-0.1, -0.05) is 60.7 Å². The highest BCUT2D eigenvalue weighted by molar-refractivity contribution is 5.95. The Morgan fingerprint density at radius 1 is 0.929 bits per heavy atom. The third-order valence-corrected chi connectivity index (χ3v) is 4.49. The first-order valence-electron chi connectivity index (χ1n) is 8.89. The zero-order valence-corrected chi connectivity index (χ0v) is 15.5. The summed E-state index contributed by atoms with van der Waals surface area (Å²) in [5.41, 5.74) is 2.53. The van der Waals surface area contributed by atoms with Gasteiger partial charge >= 0.3 is 5.97 Å². The van der Waals surface area contributed by atoms with Gasteiger partial charge in [-0.3, -0.25) is 4.79 Å². The number of phenolic OH excluding ortho intramolecular Hbond substituents is 1. The lowest BCUT2D eigenvalue weighted by molar-refractivity contribution is -0.116. The number of carbonyl (C=O) groups is 2. The van der Waals surface area contributed by atoms with Crippen molar-refractivity contribution < 1.29 is 19.4 Å². The molecule has 3 aromatic rings. The molecule has 0 aliphatic heterocycles. The average Bonchev–Trinajstić information content (AvgIpc) is 2.74. The second kappa shape index (κ2) is 8.86. The maximum atomic E-state index is 12.7. The van der Waals surface area contributed by atoms with E-state index in [1.54, 1.807) is 0 Å². The molecule has 0 unspecified atom stereocenters. The Labute approximate surface area is 163 Å². The largest absolute Gasteiger partial charge is 0.506 e. The smallest absolute Gasteiger partial charge is 0.337 e. The van der Waals surface area contributed by atoms with E-state index in [1.165, 1.54) is 25.3 Å². The number of esters is 1. The van der Waals surface area contributed by atoms with E-state index >= 15 is 0 Å². The van der Waals surface area contributed by atoms with Gasteiger partial charge in [0.05, 0.1) is 18.4 Å². The molecule has 0 aliphatic rings. The number of ether oxygens (including phenoxy) is 1. The fraction of sp³-hybridized carbons (Fsp3) is 0.130. The summed E-state index contributed by atoms with van der Waals surface area (Å²) in [7, 11) is 1.27. The first-order valence-corrected chi connectivity index (χ1v) is 8.89. The molecule has 2 N–H and O–H groups in total. The lowest BCUT2D eigenvalue weighted by atomic mass is 9.88. The number of benzene rings is 3. The van der Waals surface area contributed by atoms with Crippen LogP contribution in [0.15, 0.2) is 78.9 Å². The second-order valence-electron chi connectivity index (χ2n) is 6.35. The molecule has 0 fully saturated rings. The Kier molecular flexibility index (Phi) is 6.07. The van der Waals surface area contributed by atoms with Crippen molar-refractivity contribution in [3.05, 3.63) is 95.6 Å². The molecule has 0 spiro atoms. The number of methoxy groups -OCH3 is 1. The fourth-order valence-electron chi connectivity index (χ4n) is 3.07. The monoisotopic (exact) mass is 375 g/mol. The van der Waals surface area contributed by atoms with Crippen molar-refractivity contribution in [2.75, 3.05) is 12.4 Å². The van der Waals surface area contributed by atoms with Crippen LogP contribution < -0.4 is 5.32 Å². The van der Waals surface area contributed by atoms with Crippen LogP contribution in [0.2, 0.25) is 0 Å². The Bertz CT molecular complexity index is 915. The van der Waals surface area contributed by atoms with E-state index in [2.05, 4.69) is 10.1 Å². The molecular formula is C23H21NO4. The Morgan fingerprint density at radius 3 is 2.00 bits per heavy atom. The second-order valence-corrected chi connectivity index (χ2v) is 6.35. The predicted molar refractivity (Wildman–Crippen MR) is 107 cm³/mol. The molecule has 142 valence electrons. The van der Waals surface area contributed by atoms with Crippen LogP contribution in [0, 0.1) is 0 Å². The minimum absolute atomic E-state index is 0.112. The molecule has 3 rings (SSSR count). The summed E-state index contributed by atoms with van der Waals surface area (Å²) in [6, 6.07) is 23.9. The van der Waals surface area contributed by atoms with E-state index in [-0.39, 0.29) is 35.2 Å². The van der Waals surface area contributed by atoms with Crippen molar-refractivity contribution in [2.24, 2.45) is 0 Å². The summed E-state index contributed by atoms with van der Waals surface area (Å²) >= 11 is 0. The fourth-order valence-corrected chi connectivity index (χ4v) is 3.07. The van der Waals surface area contributed by atoms with Gasteiger partial charge < -0.3 is 15.2 Å². The topological polar surface area (TPSA) is 75.6 Å². The number of anilines is 1. The lowest BCUT2D eigenvalue weighted by Gasteiger charge is -2.18. The van der Waals surface area contributed by atoms with Crippen LogP contribution in [-0.2, 0) is 9.53 Å². The molecular weight excluding hydrogens is 354 g/mol. The summed E-state index contributed by atoms with van der Waals surface area (Å²) in [5, 5.41) is 12.9. The van der Waals surface area contributed by atoms with Crippen LogP contribution in [0.25, 0.3) is 0 Å². The molecule has 0 saturated carbocycles. The molecule has 0 heterocycles. The van der Waals surface area contributed by atoms with Crippen molar-refractivity contribution in [1.29, 1.82) is 0 Å². The van der Waals surface area contributed by atoms with Gasteiger partial charge in [-0.2, -0.15) is 0 Å². The van der Waals surface area contributed by atoms with E-state index < -0.39 is 5.97 Å². The first-order chi connectivity index (χ1) is 13.6. The van der Waals surface area contributed by atoms with Gasteiger partial charge in [-0.05, 0) is 29.3 Å². The molecule has 0 aliphatic carbocycles. The molecule has 5 nitrogen and oxygen atoms in total. The van der Waals surface area contributed by atoms with Crippen LogP contribution in [-0.4, -0.2) is 24.1 Å². The highest BCUT2D eigenvalue weighted by atomic mass is 16.5. The van der Waals surface area contributed by atoms with E-state index in [0.29, 0.717) is 0 Å². The van der Waals surface area contributed by atoms with Crippen molar-refractivity contribution in [1.82, 2.24) is 0 Å². The maximum Gasteiger partial charge on any atom is 0.337 e.